The van der Waals surface area contributed by atoms with Crippen molar-refractivity contribution in [3.05, 3.63) is 85.0 Å². The summed E-state index contributed by atoms with van der Waals surface area (Å²) in [7, 11) is 0. The molecule has 10 nitrogen and oxygen atoms in total. The van der Waals surface area contributed by atoms with Crippen LogP contribution < -0.4 is 10.6 Å². The molecule has 0 heterocycles. The second-order valence-electron chi connectivity index (χ2n) is 8.73. The highest BCUT2D eigenvalue weighted by Gasteiger charge is 2.30. The van der Waals surface area contributed by atoms with E-state index in [1.165, 1.54) is 23.9 Å². The number of carboxylic acids is 1. The molecule has 0 saturated carbocycles. The number of nitrogens with one attached hydrogen (secondary N) is 2. The number of hydrogen-bond donors (Lipinski definition) is 3. The van der Waals surface area contributed by atoms with Crippen LogP contribution in [-0.4, -0.2) is 72.6 Å². The summed E-state index contributed by atoms with van der Waals surface area (Å²) in [5.74, 6) is -1.71. The zero-order chi connectivity index (χ0) is 28.9. The molecule has 2 aromatic rings. The quantitative estimate of drug-likeness (QED) is 0.125. The molecule has 2 amide bonds. The Morgan fingerprint density at radius 3 is 2.00 bits per heavy atom. The summed E-state index contributed by atoms with van der Waals surface area (Å²) in [5, 5.41) is 14.4. The molecule has 0 spiro atoms. The van der Waals surface area contributed by atoms with E-state index >= 15 is 0 Å². The molecule has 0 saturated heterocycles. The molecule has 0 aliphatic heterocycles. The zero-order valence-corrected chi connectivity index (χ0v) is 22.7. The number of benzene rings is 2. The predicted molar refractivity (Wildman–Crippen MR) is 151 cm³/mol. The van der Waals surface area contributed by atoms with Gasteiger partial charge in [-0.15, -0.1) is 0 Å². The average molecular weight is 569 g/mol. The van der Waals surface area contributed by atoms with Gasteiger partial charge in [-0.25, -0.2) is 19.2 Å². The highest BCUT2D eigenvalue weighted by molar-refractivity contribution is 7.99. The molecule has 11 heteroatoms. The van der Waals surface area contributed by atoms with E-state index < -0.39 is 36.2 Å². The maximum atomic E-state index is 12.5. The molecular formula is C29H32N2O8S. The number of esters is 1. The third-order valence-electron chi connectivity index (χ3n) is 6.02. The van der Waals surface area contributed by atoms with Gasteiger partial charge in [-0.05, 0) is 34.4 Å². The first-order valence-electron chi connectivity index (χ1n) is 12.6. The fraction of sp³-hybridized carbons (Fsp3) is 0.310. The van der Waals surface area contributed by atoms with Crippen LogP contribution in [0, 0.1) is 0 Å². The predicted octanol–water partition coefficient (Wildman–Crippen LogP) is 4.11. The summed E-state index contributed by atoms with van der Waals surface area (Å²) in [6, 6.07) is 13.6. The van der Waals surface area contributed by atoms with E-state index in [-0.39, 0.29) is 43.7 Å². The van der Waals surface area contributed by atoms with Crippen molar-refractivity contribution in [1.82, 2.24) is 10.6 Å². The lowest BCUT2D eigenvalue weighted by atomic mass is 9.98. The smallest absolute Gasteiger partial charge is 0.408 e. The Hall–Kier alpha value is -4.25. The summed E-state index contributed by atoms with van der Waals surface area (Å²) in [6.07, 6.45) is 1.18. The summed E-state index contributed by atoms with van der Waals surface area (Å²) in [4.78, 5) is 48.5. The van der Waals surface area contributed by atoms with Gasteiger partial charge in [-0.2, -0.15) is 11.8 Å². The Labute approximate surface area is 236 Å². The van der Waals surface area contributed by atoms with Crippen LogP contribution in [0.15, 0.2) is 73.8 Å². The molecule has 3 N–H and O–H groups in total. The average Bonchev–Trinajstić information content (AvgIpc) is 3.28. The number of carbonyl (C=O) groups excluding carboxylic acids is 3. The molecule has 0 aromatic heterocycles. The Balaban J connectivity index is 1.50. The van der Waals surface area contributed by atoms with Crippen molar-refractivity contribution in [3.63, 3.8) is 0 Å². The molecule has 1 aliphatic carbocycles. The van der Waals surface area contributed by atoms with Gasteiger partial charge in [-0.1, -0.05) is 73.8 Å². The lowest BCUT2D eigenvalue weighted by Gasteiger charge is -2.18. The van der Waals surface area contributed by atoms with Crippen molar-refractivity contribution < 1.29 is 38.5 Å². The molecule has 1 aliphatic rings. The van der Waals surface area contributed by atoms with Crippen LogP contribution in [0.5, 0.6) is 0 Å². The summed E-state index contributed by atoms with van der Waals surface area (Å²) >= 11 is 1.21. The number of rotatable bonds is 15. The summed E-state index contributed by atoms with van der Waals surface area (Å²) < 4.78 is 15.3. The third-order valence-corrected chi connectivity index (χ3v) is 7.11. The lowest BCUT2D eigenvalue weighted by Crippen LogP contribution is -2.44. The molecule has 0 radical (unpaired) electrons. The second-order valence-corrected chi connectivity index (χ2v) is 9.88. The van der Waals surface area contributed by atoms with Crippen molar-refractivity contribution in [2.75, 3.05) is 31.3 Å². The maximum absolute atomic E-state index is 12.5. The minimum absolute atomic E-state index is 0.0325. The SMILES string of the molecule is C=CCOC(=O)N[C@H](CSCC[C@H](NC(=O)OCC1c2ccccc2-c2ccccc21)C(=O)O)C(=O)OCC=C. The third kappa shape index (κ3) is 8.37. The van der Waals surface area contributed by atoms with Crippen LogP contribution in [-0.2, 0) is 23.8 Å². The fourth-order valence-electron chi connectivity index (χ4n) is 4.17. The highest BCUT2D eigenvalue weighted by atomic mass is 32.2. The van der Waals surface area contributed by atoms with Gasteiger partial charge in [-0.3, -0.25) is 0 Å². The summed E-state index contributed by atoms with van der Waals surface area (Å²) in [5.41, 5.74) is 4.27. The standard InChI is InChI=1S/C29H32N2O8S/c1-3-14-37-27(34)25(31-28(35)38-15-4-2)18-40-16-13-24(26(32)33)30-29(36)39-17-23-21-11-7-5-9-19(21)20-10-6-8-12-22(20)23/h3-12,23-25H,1-2,13-18H2,(H,30,36)(H,31,35)(H,32,33)/t24-,25+/m0/s1. The minimum Gasteiger partial charge on any atom is -0.480 e. The molecule has 2 aromatic carbocycles. The van der Waals surface area contributed by atoms with Gasteiger partial charge in [0.05, 0.1) is 0 Å². The van der Waals surface area contributed by atoms with E-state index in [4.69, 9.17) is 14.2 Å². The minimum atomic E-state index is -1.22. The van der Waals surface area contributed by atoms with Gasteiger partial charge in [0.15, 0.2) is 0 Å². The molecule has 0 unspecified atom stereocenters. The topological polar surface area (TPSA) is 140 Å². The highest BCUT2D eigenvalue weighted by Crippen LogP contribution is 2.44. The van der Waals surface area contributed by atoms with E-state index in [0.717, 1.165) is 22.3 Å². The van der Waals surface area contributed by atoms with Crippen LogP contribution >= 0.6 is 11.8 Å². The number of thioether (sulfide) groups is 1. The Morgan fingerprint density at radius 2 is 1.40 bits per heavy atom. The van der Waals surface area contributed by atoms with Crippen molar-refractivity contribution in [2.24, 2.45) is 0 Å². The molecular weight excluding hydrogens is 536 g/mol. The van der Waals surface area contributed by atoms with Crippen LogP contribution in [0.4, 0.5) is 9.59 Å². The number of carboxylic acid groups (broad SMARTS) is 1. The number of fused-ring (bicyclic) bond motifs is 3. The Kier molecular flexibility index (Phi) is 11.6. The maximum Gasteiger partial charge on any atom is 0.408 e. The first-order valence-corrected chi connectivity index (χ1v) is 13.7. The number of aliphatic carboxylic acids is 1. The first kappa shape index (κ1) is 30.3. The Morgan fingerprint density at radius 1 is 0.850 bits per heavy atom. The van der Waals surface area contributed by atoms with Gasteiger partial charge >= 0.3 is 24.1 Å². The van der Waals surface area contributed by atoms with Crippen LogP contribution in [0.25, 0.3) is 11.1 Å². The van der Waals surface area contributed by atoms with Crippen molar-refractivity contribution in [2.45, 2.75) is 24.4 Å². The van der Waals surface area contributed by atoms with Gasteiger partial charge in [0.25, 0.3) is 0 Å². The normalized spacial score (nSPS) is 13.1. The molecule has 0 bridgehead atoms. The van der Waals surface area contributed by atoms with Crippen molar-refractivity contribution in [1.29, 1.82) is 0 Å². The number of ether oxygens (including phenoxy) is 3. The van der Waals surface area contributed by atoms with Crippen LogP contribution in [0.1, 0.15) is 23.5 Å². The van der Waals surface area contributed by atoms with Crippen molar-refractivity contribution >= 4 is 35.9 Å². The number of carbonyl (C=O) groups is 4. The fourth-order valence-corrected chi connectivity index (χ4v) is 5.20. The number of amides is 2. The van der Waals surface area contributed by atoms with Gasteiger partial charge in [0.1, 0.15) is 31.9 Å². The molecule has 0 fully saturated rings. The van der Waals surface area contributed by atoms with Crippen LogP contribution in [0.2, 0.25) is 0 Å². The Bertz CT molecular complexity index is 1190. The van der Waals surface area contributed by atoms with Crippen LogP contribution in [0.3, 0.4) is 0 Å². The first-order chi connectivity index (χ1) is 19.3. The van der Waals surface area contributed by atoms with E-state index in [9.17, 15) is 24.3 Å². The zero-order valence-electron chi connectivity index (χ0n) is 21.9. The van der Waals surface area contributed by atoms with E-state index in [1.54, 1.807) is 0 Å². The lowest BCUT2D eigenvalue weighted by molar-refractivity contribution is -0.144. The molecule has 40 heavy (non-hydrogen) atoms. The van der Waals surface area contributed by atoms with Gasteiger partial charge in [0.2, 0.25) is 0 Å². The van der Waals surface area contributed by atoms with Gasteiger partial charge < -0.3 is 30.0 Å². The molecule has 2 atom stereocenters. The largest absolute Gasteiger partial charge is 0.480 e. The van der Waals surface area contributed by atoms with Crippen molar-refractivity contribution in [3.8, 4) is 11.1 Å². The number of hydrogen-bond acceptors (Lipinski definition) is 8. The molecule has 3 rings (SSSR count). The summed E-state index contributed by atoms with van der Waals surface area (Å²) in [6.45, 7) is 6.92. The van der Waals surface area contributed by atoms with Gasteiger partial charge in [0, 0.05) is 11.7 Å². The monoisotopic (exact) mass is 568 g/mol. The molecule has 212 valence electrons. The van der Waals surface area contributed by atoms with E-state index in [0.29, 0.717) is 0 Å². The van der Waals surface area contributed by atoms with E-state index in [1.807, 2.05) is 48.5 Å². The van der Waals surface area contributed by atoms with E-state index in [2.05, 4.69) is 23.8 Å². The number of alkyl carbamates (subject to hydrolysis) is 2. The second kappa shape index (κ2) is 15.4.